The number of nitrogens with one attached hydrogen (secondary N) is 1. The monoisotopic (exact) mass is 309 g/mol. The Kier molecular flexibility index (Phi) is 3.74. The molecule has 1 fully saturated rings. The average molecular weight is 309 g/mol. The van der Waals surface area contributed by atoms with Crippen LogP contribution in [0, 0.1) is 12.8 Å². The maximum atomic E-state index is 6.21. The van der Waals surface area contributed by atoms with E-state index in [9.17, 15) is 0 Å². The first-order chi connectivity index (χ1) is 11.3. The van der Waals surface area contributed by atoms with Crippen LogP contribution in [0.15, 0.2) is 42.5 Å². The molecule has 2 aliphatic heterocycles. The lowest BCUT2D eigenvalue weighted by molar-refractivity contribution is -0.0383. The van der Waals surface area contributed by atoms with Crippen molar-refractivity contribution in [1.82, 2.24) is 0 Å². The van der Waals surface area contributed by atoms with Crippen molar-refractivity contribution >= 4 is 5.69 Å². The summed E-state index contributed by atoms with van der Waals surface area (Å²) in [5, 5.41) is 3.75. The minimum atomic E-state index is 0.176. The van der Waals surface area contributed by atoms with Gasteiger partial charge in [-0.1, -0.05) is 35.9 Å². The Hall–Kier alpha value is -2.00. The fourth-order valence-electron chi connectivity index (χ4n) is 4.02. The molecule has 2 aromatic rings. The Morgan fingerprint density at radius 3 is 2.87 bits per heavy atom. The van der Waals surface area contributed by atoms with Gasteiger partial charge in [0.25, 0.3) is 0 Å². The summed E-state index contributed by atoms with van der Waals surface area (Å²) in [5.41, 5.74) is 5.01. The van der Waals surface area contributed by atoms with E-state index >= 15 is 0 Å². The topological polar surface area (TPSA) is 30.5 Å². The van der Waals surface area contributed by atoms with Gasteiger partial charge in [-0.3, -0.25) is 0 Å². The van der Waals surface area contributed by atoms with Gasteiger partial charge in [0.1, 0.15) is 5.75 Å². The number of hydrogen-bond acceptors (Lipinski definition) is 3. The van der Waals surface area contributed by atoms with Crippen LogP contribution in [-0.4, -0.2) is 13.7 Å². The third-order valence-electron chi connectivity index (χ3n) is 5.09. The van der Waals surface area contributed by atoms with Crippen molar-refractivity contribution in [2.24, 2.45) is 5.92 Å². The molecule has 1 N–H and O–H groups in total. The molecule has 0 aromatic heterocycles. The minimum Gasteiger partial charge on any atom is -0.496 e. The van der Waals surface area contributed by atoms with Gasteiger partial charge in [-0.05, 0) is 31.9 Å². The van der Waals surface area contributed by atoms with Crippen LogP contribution >= 0.6 is 0 Å². The third-order valence-corrected chi connectivity index (χ3v) is 5.09. The predicted octanol–water partition coefficient (Wildman–Crippen LogP) is 4.64. The molecule has 0 unspecified atom stereocenters. The lowest BCUT2D eigenvalue weighted by Crippen LogP contribution is -2.36. The standard InChI is InChI=1S/C20H23NO2/c1-13-9-10-17-16(12-13)20-15(7-5-11-23-20)19(21-17)14-6-3-4-8-18(14)22-2/h3-4,6,8-10,12,15,19-21H,5,7,11H2,1-2H3/t15-,19-,20+/m0/s1. The SMILES string of the molecule is COc1ccccc1[C@@H]1Nc2ccc(C)cc2[C@@H]2OCCC[C@@H]12. The molecular weight excluding hydrogens is 286 g/mol. The van der Waals surface area contributed by atoms with E-state index in [1.165, 1.54) is 28.8 Å². The zero-order chi connectivity index (χ0) is 15.8. The van der Waals surface area contributed by atoms with Gasteiger partial charge in [0, 0.05) is 29.3 Å². The summed E-state index contributed by atoms with van der Waals surface area (Å²) >= 11 is 0. The van der Waals surface area contributed by atoms with Crippen molar-refractivity contribution in [3.8, 4) is 5.75 Å². The number of rotatable bonds is 2. The van der Waals surface area contributed by atoms with E-state index < -0.39 is 0 Å². The van der Waals surface area contributed by atoms with Gasteiger partial charge in [-0.2, -0.15) is 0 Å². The van der Waals surface area contributed by atoms with Crippen LogP contribution in [0.1, 0.15) is 41.7 Å². The van der Waals surface area contributed by atoms with Crippen LogP contribution in [0.25, 0.3) is 0 Å². The second-order valence-corrected chi connectivity index (χ2v) is 6.55. The van der Waals surface area contributed by atoms with E-state index in [1.54, 1.807) is 7.11 Å². The van der Waals surface area contributed by atoms with Crippen molar-refractivity contribution in [3.05, 3.63) is 59.2 Å². The van der Waals surface area contributed by atoms with Gasteiger partial charge >= 0.3 is 0 Å². The molecule has 3 nitrogen and oxygen atoms in total. The molecule has 0 spiro atoms. The molecule has 3 atom stereocenters. The van der Waals surface area contributed by atoms with Gasteiger partial charge in [0.05, 0.1) is 19.3 Å². The Morgan fingerprint density at radius 2 is 2.00 bits per heavy atom. The summed E-state index contributed by atoms with van der Waals surface area (Å²) in [5.74, 6) is 1.39. The fraction of sp³-hybridized carbons (Fsp3) is 0.400. The summed E-state index contributed by atoms with van der Waals surface area (Å²) in [7, 11) is 1.74. The van der Waals surface area contributed by atoms with Gasteiger partial charge in [-0.25, -0.2) is 0 Å². The third kappa shape index (κ3) is 2.49. The lowest BCUT2D eigenvalue weighted by Gasteiger charge is -2.43. The molecule has 4 rings (SSSR count). The second kappa shape index (κ2) is 5.89. The molecule has 0 saturated carbocycles. The molecule has 2 aromatic carbocycles. The first-order valence-corrected chi connectivity index (χ1v) is 8.39. The van der Waals surface area contributed by atoms with Gasteiger partial charge in [0.2, 0.25) is 0 Å². The summed E-state index contributed by atoms with van der Waals surface area (Å²) in [6.07, 6.45) is 2.47. The van der Waals surface area contributed by atoms with Crippen molar-refractivity contribution in [2.45, 2.75) is 31.9 Å². The summed E-state index contributed by atoms with van der Waals surface area (Å²) in [6.45, 7) is 3.00. The molecule has 2 heterocycles. The molecule has 0 amide bonds. The number of benzene rings is 2. The van der Waals surface area contributed by atoms with E-state index in [-0.39, 0.29) is 12.1 Å². The van der Waals surface area contributed by atoms with Crippen molar-refractivity contribution in [1.29, 1.82) is 0 Å². The quantitative estimate of drug-likeness (QED) is 0.876. The maximum absolute atomic E-state index is 6.21. The molecule has 2 aliphatic rings. The minimum absolute atomic E-state index is 0.176. The van der Waals surface area contributed by atoms with E-state index in [0.29, 0.717) is 5.92 Å². The molecular formula is C20H23NO2. The first-order valence-electron chi connectivity index (χ1n) is 8.39. The fourth-order valence-corrected chi connectivity index (χ4v) is 4.02. The van der Waals surface area contributed by atoms with Crippen LogP contribution in [-0.2, 0) is 4.74 Å². The smallest absolute Gasteiger partial charge is 0.124 e. The molecule has 0 radical (unpaired) electrons. The Labute approximate surface area is 137 Å². The van der Waals surface area contributed by atoms with E-state index in [2.05, 4.69) is 42.6 Å². The van der Waals surface area contributed by atoms with Crippen molar-refractivity contribution in [2.75, 3.05) is 19.0 Å². The Morgan fingerprint density at radius 1 is 1.13 bits per heavy atom. The number of ether oxygens (including phenoxy) is 2. The summed E-state index contributed by atoms with van der Waals surface area (Å²) in [6, 6.07) is 15.2. The number of aryl methyl sites for hydroxylation is 1. The molecule has 3 heteroatoms. The van der Waals surface area contributed by atoms with E-state index in [1.807, 2.05) is 12.1 Å². The van der Waals surface area contributed by atoms with Crippen LogP contribution in [0.5, 0.6) is 5.75 Å². The Bertz CT molecular complexity index is 713. The van der Waals surface area contributed by atoms with Crippen LogP contribution in [0.2, 0.25) is 0 Å². The zero-order valence-electron chi connectivity index (χ0n) is 13.7. The highest BCUT2D eigenvalue weighted by Gasteiger charge is 2.40. The maximum Gasteiger partial charge on any atom is 0.124 e. The average Bonchev–Trinajstić information content (AvgIpc) is 2.61. The second-order valence-electron chi connectivity index (χ2n) is 6.55. The number of fused-ring (bicyclic) bond motifs is 3. The van der Waals surface area contributed by atoms with Crippen LogP contribution in [0.4, 0.5) is 5.69 Å². The van der Waals surface area contributed by atoms with Crippen LogP contribution in [0.3, 0.4) is 0 Å². The number of methoxy groups -OCH3 is 1. The molecule has 0 bridgehead atoms. The van der Waals surface area contributed by atoms with Crippen molar-refractivity contribution < 1.29 is 9.47 Å². The number of hydrogen-bond donors (Lipinski definition) is 1. The van der Waals surface area contributed by atoms with Gasteiger partial charge in [0.15, 0.2) is 0 Å². The largest absolute Gasteiger partial charge is 0.496 e. The molecule has 1 saturated heterocycles. The molecule has 120 valence electrons. The molecule has 23 heavy (non-hydrogen) atoms. The highest BCUT2D eigenvalue weighted by molar-refractivity contribution is 5.59. The lowest BCUT2D eigenvalue weighted by atomic mass is 9.77. The highest BCUT2D eigenvalue weighted by Crippen LogP contribution is 2.50. The number of anilines is 1. The van der Waals surface area contributed by atoms with E-state index in [0.717, 1.165) is 18.8 Å². The summed E-state index contributed by atoms with van der Waals surface area (Å²) < 4.78 is 11.8. The van der Waals surface area contributed by atoms with Crippen molar-refractivity contribution in [3.63, 3.8) is 0 Å². The Balaban J connectivity index is 1.80. The number of para-hydroxylation sites is 1. The summed E-state index contributed by atoms with van der Waals surface area (Å²) in [4.78, 5) is 0. The van der Waals surface area contributed by atoms with Gasteiger partial charge < -0.3 is 14.8 Å². The highest BCUT2D eigenvalue weighted by atomic mass is 16.5. The zero-order valence-corrected chi connectivity index (χ0v) is 13.7. The predicted molar refractivity (Wildman–Crippen MR) is 92.0 cm³/mol. The van der Waals surface area contributed by atoms with E-state index in [4.69, 9.17) is 9.47 Å². The first kappa shape index (κ1) is 14.6. The normalized spacial score (nSPS) is 25.9. The van der Waals surface area contributed by atoms with Gasteiger partial charge in [-0.15, -0.1) is 0 Å². The van der Waals surface area contributed by atoms with Crippen LogP contribution < -0.4 is 10.1 Å². The molecule has 0 aliphatic carbocycles.